The molecule has 0 bridgehead atoms. The highest BCUT2D eigenvalue weighted by molar-refractivity contribution is 6.31. The molecule has 2 aromatic rings. The highest BCUT2D eigenvalue weighted by Crippen LogP contribution is 2.48. The van der Waals surface area contributed by atoms with Crippen molar-refractivity contribution in [2.24, 2.45) is 10.9 Å². The lowest BCUT2D eigenvalue weighted by molar-refractivity contribution is -0.116. The molecule has 1 heterocycles. The van der Waals surface area contributed by atoms with Crippen molar-refractivity contribution in [3.05, 3.63) is 81.5 Å². The van der Waals surface area contributed by atoms with Crippen LogP contribution in [0.25, 0.3) is 0 Å². The molecule has 2 aromatic carbocycles. The first-order chi connectivity index (χ1) is 12.6. The smallest absolute Gasteiger partial charge is 0.173 e. The summed E-state index contributed by atoms with van der Waals surface area (Å²) in [5.41, 5.74) is 4.90. The number of fused-ring (bicyclic) bond motifs is 3. The van der Waals surface area contributed by atoms with E-state index in [0.29, 0.717) is 22.6 Å². The molecule has 128 valence electrons. The Labute approximate surface area is 156 Å². The number of allylic oxidation sites excluding steroid dienone is 2. The summed E-state index contributed by atoms with van der Waals surface area (Å²) in [6.45, 7) is 0. The number of ketones is 2. The number of aliphatic imine (C=N–C) groups is 1. The minimum absolute atomic E-state index is 0.0502. The second-order valence-corrected chi connectivity index (χ2v) is 7.49. The summed E-state index contributed by atoms with van der Waals surface area (Å²) >= 11 is 6.23. The summed E-state index contributed by atoms with van der Waals surface area (Å²) in [5.74, 6) is -0.576. The summed E-state index contributed by atoms with van der Waals surface area (Å²) in [6, 6.07) is 15.1. The van der Waals surface area contributed by atoms with E-state index in [1.807, 2.05) is 48.5 Å². The Morgan fingerprint density at radius 2 is 1.73 bits per heavy atom. The van der Waals surface area contributed by atoms with E-state index in [9.17, 15) is 9.59 Å². The molecule has 0 aromatic heterocycles. The van der Waals surface area contributed by atoms with Crippen LogP contribution in [0.4, 0.5) is 0 Å². The van der Waals surface area contributed by atoms with Crippen LogP contribution >= 0.6 is 11.6 Å². The van der Waals surface area contributed by atoms with Crippen molar-refractivity contribution >= 4 is 28.9 Å². The highest BCUT2D eigenvalue weighted by atomic mass is 35.5. The van der Waals surface area contributed by atoms with Crippen molar-refractivity contribution in [3.8, 4) is 0 Å². The first kappa shape index (κ1) is 15.7. The molecule has 0 saturated heterocycles. The first-order valence-electron chi connectivity index (χ1n) is 8.89. The molecular formula is C22H16ClNO2. The van der Waals surface area contributed by atoms with E-state index in [-0.39, 0.29) is 17.5 Å². The Kier molecular flexibility index (Phi) is 3.47. The van der Waals surface area contributed by atoms with Gasteiger partial charge < -0.3 is 0 Å². The van der Waals surface area contributed by atoms with Gasteiger partial charge in [0, 0.05) is 39.8 Å². The maximum Gasteiger partial charge on any atom is 0.173 e. The van der Waals surface area contributed by atoms with Gasteiger partial charge in [-0.05, 0) is 30.5 Å². The molecule has 0 radical (unpaired) electrons. The van der Waals surface area contributed by atoms with Gasteiger partial charge in [0.15, 0.2) is 11.6 Å². The average Bonchev–Trinajstić information content (AvgIpc) is 2.93. The molecule has 0 fully saturated rings. The SMILES string of the molecule is O=C1CCCC2=C1[C@H](c1cccc(Cl)c1)C1C(=O)c3ccccc3C1=N2. The fourth-order valence-electron chi connectivity index (χ4n) is 4.51. The van der Waals surface area contributed by atoms with E-state index < -0.39 is 5.92 Å². The molecule has 26 heavy (non-hydrogen) atoms. The number of benzene rings is 2. The lowest BCUT2D eigenvalue weighted by Crippen LogP contribution is -2.33. The van der Waals surface area contributed by atoms with Gasteiger partial charge >= 0.3 is 0 Å². The van der Waals surface area contributed by atoms with Gasteiger partial charge in [-0.2, -0.15) is 0 Å². The molecule has 0 saturated carbocycles. The van der Waals surface area contributed by atoms with E-state index in [1.165, 1.54) is 0 Å². The van der Waals surface area contributed by atoms with E-state index >= 15 is 0 Å². The predicted molar refractivity (Wildman–Crippen MR) is 101 cm³/mol. The minimum atomic E-state index is -0.438. The van der Waals surface area contributed by atoms with Crippen LogP contribution in [0.15, 0.2) is 64.8 Å². The van der Waals surface area contributed by atoms with Crippen LogP contribution in [-0.2, 0) is 4.79 Å². The summed E-state index contributed by atoms with van der Waals surface area (Å²) in [4.78, 5) is 30.9. The van der Waals surface area contributed by atoms with Crippen molar-refractivity contribution in [2.45, 2.75) is 25.2 Å². The van der Waals surface area contributed by atoms with Gasteiger partial charge in [0.1, 0.15) is 0 Å². The van der Waals surface area contributed by atoms with Crippen molar-refractivity contribution in [3.63, 3.8) is 0 Å². The first-order valence-corrected chi connectivity index (χ1v) is 9.27. The number of halogens is 1. The van der Waals surface area contributed by atoms with Gasteiger partial charge in [-0.15, -0.1) is 0 Å². The number of Topliss-reactive ketones (excluding diaryl/α,β-unsaturated/α-hetero) is 2. The third kappa shape index (κ3) is 2.17. The maximum absolute atomic E-state index is 13.2. The number of hydrogen-bond donors (Lipinski definition) is 0. The molecule has 2 atom stereocenters. The molecule has 2 aliphatic carbocycles. The van der Waals surface area contributed by atoms with Crippen LogP contribution in [0.5, 0.6) is 0 Å². The number of carbonyl (C=O) groups excluding carboxylic acids is 2. The molecule has 0 spiro atoms. The fourth-order valence-corrected chi connectivity index (χ4v) is 4.71. The maximum atomic E-state index is 13.2. The van der Waals surface area contributed by atoms with Crippen LogP contribution in [-0.4, -0.2) is 17.3 Å². The standard InChI is InChI=1S/C22H16ClNO2/c23-13-6-3-5-12(11-13)18-19-16(9-4-10-17(19)25)24-21-14-7-1-2-8-15(14)22(26)20(18)21/h1-3,5-8,11,18,20H,4,9-10H2/t18-,20?/m0/s1. The summed E-state index contributed by atoms with van der Waals surface area (Å²) in [7, 11) is 0. The van der Waals surface area contributed by atoms with E-state index in [0.717, 1.165) is 35.4 Å². The van der Waals surface area contributed by atoms with Gasteiger partial charge in [-0.3, -0.25) is 14.6 Å². The van der Waals surface area contributed by atoms with E-state index in [1.54, 1.807) is 0 Å². The molecule has 4 heteroatoms. The fraction of sp³-hybridized carbons (Fsp3) is 0.227. The molecule has 0 N–H and O–H groups in total. The summed E-state index contributed by atoms with van der Waals surface area (Å²) in [6.07, 6.45) is 2.12. The Balaban J connectivity index is 1.78. The van der Waals surface area contributed by atoms with Crippen molar-refractivity contribution in [1.29, 1.82) is 0 Å². The predicted octanol–water partition coefficient (Wildman–Crippen LogP) is 4.75. The molecule has 3 nitrogen and oxygen atoms in total. The van der Waals surface area contributed by atoms with E-state index in [2.05, 4.69) is 0 Å². The van der Waals surface area contributed by atoms with Crippen LogP contribution in [0.1, 0.15) is 46.7 Å². The third-order valence-corrected chi connectivity index (χ3v) is 5.82. The number of nitrogens with zero attached hydrogens (tertiary/aromatic N) is 1. The monoisotopic (exact) mass is 361 g/mol. The second-order valence-electron chi connectivity index (χ2n) is 7.05. The molecule has 1 aliphatic heterocycles. The second kappa shape index (κ2) is 5.75. The van der Waals surface area contributed by atoms with Crippen molar-refractivity contribution in [2.75, 3.05) is 0 Å². The number of hydrogen-bond acceptors (Lipinski definition) is 3. The van der Waals surface area contributed by atoms with Gasteiger partial charge in [0.2, 0.25) is 0 Å². The van der Waals surface area contributed by atoms with Crippen LogP contribution in [0.3, 0.4) is 0 Å². The lowest BCUT2D eigenvalue weighted by Gasteiger charge is -2.33. The van der Waals surface area contributed by atoms with Crippen LogP contribution < -0.4 is 0 Å². The highest BCUT2D eigenvalue weighted by Gasteiger charge is 2.48. The average molecular weight is 362 g/mol. The third-order valence-electron chi connectivity index (χ3n) is 5.58. The minimum Gasteiger partial charge on any atom is -0.294 e. The van der Waals surface area contributed by atoms with E-state index in [4.69, 9.17) is 16.6 Å². The molecular weight excluding hydrogens is 346 g/mol. The molecule has 0 amide bonds. The van der Waals surface area contributed by atoms with Gasteiger partial charge in [-0.1, -0.05) is 48.0 Å². The Bertz CT molecular complexity index is 1030. The largest absolute Gasteiger partial charge is 0.294 e. The summed E-state index contributed by atoms with van der Waals surface area (Å²) < 4.78 is 0. The topological polar surface area (TPSA) is 46.5 Å². The van der Waals surface area contributed by atoms with Gasteiger partial charge in [0.05, 0.1) is 11.6 Å². The Hall–Kier alpha value is -2.52. The Morgan fingerprint density at radius 1 is 0.923 bits per heavy atom. The van der Waals surface area contributed by atoms with Crippen LogP contribution in [0, 0.1) is 5.92 Å². The zero-order valence-corrected chi connectivity index (χ0v) is 14.8. The molecule has 1 unspecified atom stereocenters. The zero-order valence-electron chi connectivity index (χ0n) is 14.0. The van der Waals surface area contributed by atoms with Gasteiger partial charge in [-0.25, -0.2) is 0 Å². The van der Waals surface area contributed by atoms with Crippen LogP contribution in [0.2, 0.25) is 5.02 Å². The number of carbonyl (C=O) groups is 2. The molecule has 5 rings (SSSR count). The van der Waals surface area contributed by atoms with Gasteiger partial charge in [0.25, 0.3) is 0 Å². The van der Waals surface area contributed by atoms with Crippen molar-refractivity contribution < 1.29 is 9.59 Å². The normalized spacial score (nSPS) is 24.1. The summed E-state index contributed by atoms with van der Waals surface area (Å²) in [5, 5.41) is 0.611. The zero-order chi connectivity index (χ0) is 17.8. The van der Waals surface area contributed by atoms with Crippen molar-refractivity contribution in [1.82, 2.24) is 0 Å². The lowest BCUT2D eigenvalue weighted by atomic mass is 9.71. The number of rotatable bonds is 1. The quantitative estimate of drug-likeness (QED) is 0.736. The Morgan fingerprint density at radius 3 is 2.54 bits per heavy atom. The molecule has 3 aliphatic rings.